The molecule has 0 aliphatic rings. The molecule has 0 atom stereocenters. The Morgan fingerprint density at radius 2 is 2.17 bits per heavy atom. The first-order valence-electron chi connectivity index (χ1n) is 5.36. The van der Waals surface area contributed by atoms with Crippen LogP contribution in [0.5, 0.6) is 0 Å². The highest BCUT2D eigenvalue weighted by atomic mass is 79.9. The number of pyridine rings is 1. The average molecular weight is 330 g/mol. The van der Waals surface area contributed by atoms with Gasteiger partial charge in [0.05, 0.1) is 16.4 Å². The lowest BCUT2D eigenvalue weighted by Gasteiger charge is -2.08. The SMILES string of the molecule is Cc1ccc(CNc2cnc(Cl)c(Br)c2)cc1F. The molecule has 0 saturated carbocycles. The third-order valence-electron chi connectivity index (χ3n) is 2.53. The van der Waals surface area contributed by atoms with Crippen molar-refractivity contribution in [1.82, 2.24) is 4.98 Å². The number of anilines is 1. The fraction of sp³-hybridized carbons (Fsp3) is 0.154. The number of hydrogen-bond acceptors (Lipinski definition) is 2. The van der Waals surface area contributed by atoms with Crippen molar-refractivity contribution in [2.75, 3.05) is 5.32 Å². The molecule has 1 heterocycles. The molecule has 1 N–H and O–H groups in total. The van der Waals surface area contributed by atoms with Crippen LogP contribution < -0.4 is 5.32 Å². The van der Waals surface area contributed by atoms with Gasteiger partial charge in [-0.2, -0.15) is 0 Å². The van der Waals surface area contributed by atoms with Crippen molar-refractivity contribution < 1.29 is 4.39 Å². The molecular formula is C13H11BrClFN2. The lowest BCUT2D eigenvalue weighted by Crippen LogP contribution is -2.00. The first-order chi connectivity index (χ1) is 8.56. The number of rotatable bonds is 3. The molecule has 0 amide bonds. The molecule has 2 rings (SSSR count). The second-order valence-corrected chi connectivity index (χ2v) is 5.15. The second kappa shape index (κ2) is 5.67. The topological polar surface area (TPSA) is 24.9 Å². The van der Waals surface area contributed by atoms with Crippen molar-refractivity contribution in [1.29, 1.82) is 0 Å². The van der Waals surface area contributed by atoms with Gasteiger partial charge in [-0.05, 0) is 46.1 Å². The van der Waals surface area contributed by atoms with Gasteiger partial charge in [-0.1, -0.05) is 23.7 Å². The van der Waals surface area contributed by atoms with Crippen LogP contribution in [0, 0.1) is 12.7 Å². The summed E-state index contributed by atoms with van der Waals surface area (Å²) in [5, 5.41) is 3.58. The van der Waals surface area contributed by atoms with Crippen LogP contribution in [-0.4, -0.2) is 4.98 Å². The summed E-state index contributed by atoms with van der Waals surface area (Å²) in [6, 6.07) is 7.02. The Morgan fingerprint density at radius 1 is 1.39 bits per heavy atom. The van der Waals surface area contributed by atoms with Gasteiger partial charge in [0.15, 0.2) is 0 Å². The van der Waals surface area contributed by atoms with Crippen molar-refractivity contribution in [3.8, 4) is 0 Å². The number of hydrogen-bond donors (Lipinski definition) is 1. The molecule has 0 unspecified atom stereocenters. The predicted molar refractivity (Wildman–Crippen MR) is 75.4 cm³/mol. The van der Waals surface area contributed by atoms with Crippen LogP contribution in [0.3, 0.4) is 0 Å². The summed E-state index contributed by atoms with van der Waals surface area (Å²) in [5.74, 6) is -0.190. The molecule has 1 aromatic heterocycles. The molecule has 2 nitrogen and oxygen atoms in total. The second-order valence-electron chi connectivity index (χ2n) is 3.93. The van der Waals surface area contributed by atoms with Crippen molar-refractivity contribution in [3.63, 3.8) is 0 Å². The fourth-order valence-electron chi connectivity index (χ4n) is 1.47. The number of aromatic nitrogens is 1. The smallest absolute Gasteiger partial charge is 0.143 e. The number of halogens is 3. The Balaban J connectivity index is 2.06. The molecule has 94 valence electrons. The van der Waals surface area contributed by atoms with E-state index in [1.165, 1.54) is 6.07 Å². The standard InChI is InChI=1S/C13H11BrClFN2/c1-8-2-3-9(4-12(8)16)6-17-10-5-11(14)13(15)18-7-10/h2-5,7,17H,6H2,1H3. The van der Waals surface area contributed by atoms with E-state index in [9.17, 15) is 4.39 Å². The van der Waals surface area contributed by atoms with Crippen molar-refractivity contribution in [2.45, 2.75) is 13.5 Å². The van der Waals surface area contributed by atoms with E-state index in [-0.39, 0.29) is 5.82 Å². The monoisotopic (exact) mass is 328 g/mol. The molecular weight excluding hydrogens is 319 g/mol. The normalized spacial score (nSPS) is 10.4. The highest BCUT2D eigenvalue weighted by Crippen LogP contribution is 2.23. The lowest BCUT2D eigenvalue weighted by molar-refractivity contribution is 0.616. The van der Waals surface area contributed by atoms with E-state index < -0.39 is 0 Å². The van der Waals surface area contributed by atoms with Crippen LogP contribution in [-0.2, 0) is 6.54 Å². The molecule has 0 spiro atoms. The molecule has 0 bridgehead atoms. The molecule has 18 heavy (non-hydrogen) atoms. The Labute approximate surface area is 118 Å². The summed E-state index contributed by atoms with van der Waals surface area (Å²) in [7, 11) is 0. The zero-order valence-corrected chi connectivity index (χ0v) is 12.0. The Kier molecular flexibility index (Phi) is 4.19. The highest BCUT2D eigenvalue weighted by molar-refractivity contribution is 9.10. The van der Waals surface area contributed by atoms with E-state index in [1.807, 2.05) is 12.1 Å². The summed E-state index contributed by atoms with van der Waals surface area (Å²) in [5.41, 5.74) is 2.35. The van der Waals surface area contributed by atoms with Crippen molar-refractivity contribution in [3.05, 3.63) is 57.0 Å². The molecule has 5 heteroatoms. The Hall–Kier alpha value is -1.13. The minimum Gasteiger partial charge on any atom is -0.380 e. The Bertz CT molecular complexity index is 523. The zero-order valence-electron chi connectivity index (χ0n) is 9.67. The number of nitrogens with one attached hydrogen (secondary N) is 1. The van der Waals surface area contributed by atoms with E-state index in [0.29, 0.717) is 17.3 Å². The van der Waals surface area contributed by atoms with E-state index in [2.05, 4.69) is 26.2 Å². The summed E-state index contributed by atoms with van der Waals surface area (Å²) in [6.07, 6.45) is 1.64. The molecule has 2 aromatic rings. The highest BCUT2D eigenvalue weighted by Gasteiger charge is 2.02. The lowest BCUT2D eigenvalue weighted by atomic mass is 10.1. The number of nitrogens with zero attached hydrogens (tertiary/aromatic N) is 1. The maximum absolute atomic E-state index is 13.4. The first kappa shape index (κ1) is 13.3. The van der Waals surface area contributed by atoms with Crippen LogP contribution in [0.1, 0.15) is 11.1 Å². The van der Waals surface area contributed by atoms with Gasteiger partial charge in [0, 0.05) is 6.54 Å². The molecule has 0 saturated heterocycles. The number of aryl methyl sites for hydroxylation is 1. The van der Waals surface area contributed by atoms with Crippen LogP contribution in [0.2, 0.25) is 5.15 Å². The third-order valence-corrected chi connectivity index (χ3v) is 3.66. The van der Waals surface area contributed by atoms with Crippen LogP contribution in [0.25, 0.3) is 0 Å². The predicted octanol–water partition coefficient (Wildman–Crippen LogP) is 4.56. The molecule has 0 radical (unpaired) electrons. The van der Waals surface area contributed by atoms with E-state index >= 15 is 0 Å². The minimum atomic E-state index is -0.190. The quantitative estimate of drug-likeness (QED) is 0.835. The molecule has 0 fully saturated rings. The van der Waals surface area contributed by atoms with Crippen LogP contribution >= 0.6 is 27.5 Å². The Morgan fingerprint density at radius 3 is 2.83 bits per heavy atom. The van der Waals surface area contributed by atoms with Gasteiger partial charge >= 0.3 is 0 Å². The fourth-order valence-corrected chi connectivity index (χ4v) is 1.92. The van der Waals surface area contributed by atoms with Crippen molar-refractivity contribution >= 4 is 33.2 Å². The van der Waals surface area contributed by atoms with Gasteiger partial charge in [-0.3, -0.25) is 0 Å². The van der Waals surface area contributed by atoms with Crippen molar-refractivity contribution in [2.24, 2.45) is 0 Å². The average Bonchev–Trinajstić information content (AvgIpc) is 2.35. The molecule has 1 aromatic carbocycles. The molecule has 0 aliphatic heterocycles. The van der Waals surface area contributed by atoms with Crippen LogP contribution in [0.15, 0.2) is 34.9 Å². The maximum atomic E-state index is 13.4. The van der Waals surface area contributed by atoms with Gasteiger partial charge in [0.2, 0.25) is 0 Å². The number of benzene rings is 1. The largest absolute Gasteiger partial charge is 0.380 e. The van der Waals surface area contributed by atoms with E-state index in [0.717, 1.165) is 15.7 Å². The summed E-state index contributed by atoms with van der Waals surface area (Å²) >= 11 is 9.10. The summed E-state index contributed by atoms with van der Waals surface area (Å²) < 4.78 is 14.1. The minimum absolute atomic E-state index is 0.190. The molecule has 0 aliphatic carbocycles. The van der Waals surface area contributed by atoms with Gasteiger partial charge < -0.3 is 5.32 Å². The maximum Gasteiger partial charge on any atom is 0.143 e. The van der Waals surface area contributed by atoms with Crippen LogP contribution in [0.4, 0.5) is 10.1 Å². The van der Waals surface area contributed by atoms with Gasteiger partial charge in [-0.25, -0.2) is 9.37 Å². The van der Waals surface area contributed by atoms with E-state index in [1.54, 1.807) is 19.2 Å². The first-order valence-corrected chi connectivity index (χ1v) is 6.53. The van der Waals surface area contributed by atoms with E-state index in [4.69, 9.17) is 11.6 Å². The van der Waals surface area contributed by atoms with Gasteiger partial charge in [0.1, 0.15) is 11.0 Å². The van der Waals surface area contributed by atoms with Gasteiger partial charge in [0.25, 0.3) is 0 Å². The summed E-state index contributed by atoms with van der Waals surface area (Å²) in [4.78, 5) is 4.00. The van der Waals surface area contributed by atoms with Gasteiger partial charge in [-0.15, -0.1) is 0 Å². The summed E-state index contributed by atoms with van der Waals surface area (Å²) in [6.45, 7) is 2.28. The third kappa shape index (κ3) is 3.21. The zero-order chi connectivity index (χ0) is 13.1.